The molecule has 98 valence electrons. The van der Waals surface area contributed by atoms with Crippen molar-refractivity contribution < 1.29 is 0 Å². The molecule has 0 saturated heterocycles. The lowest BCUT2D eigenvalue weighted by molar-refractivity contribution is 0.399. The maximum atomic E-state index is 3.67. The molecular formula is C14H24BrNS. The highest BCUT2D eigenvalue weighted by Crippen LogP contribution is 2.24. The summed E-state index contributed by atoms with van der Waals surface area (Å²) in [5.41, 5.74) is 0. The van der Waals surface area contributed by atoms with Crippen LogP contribution in [0.5, 0.6) is 0 Å². The van der Waals surface area contributed by atoms with Crippen LogP contribution in [0, 0.1) is 5.92 Å². The number of aryl methyl sites for hydroxylation is 1. The van der Waals surface area contributed by atoms with Gasteiger partial charge in [-0.3, -0.25) is 0 Å². The Hall–Kier alpha value is 0.140. The molecule has 1 rings (SSSR count). The third-order valence-electron chi connectivity index (χ3n) is 2.81. The van der Waals surface area contributed by atoms with E-state index in [-0.39, 0.29) is 0 Å². The van der Waals surface area contributed by atoms with Crippen LogP contribution >= 0.6 is 27.3 Å². The average Bonchev–Trinajstić information content (AvgIpc) is 2.68. The van der Waals surface area contributed by atoms with Crippen molar-refractivity contribution in [1.82, 2.24) is 5.32 Å². The predicted octanol–water partition coefficient (Wildman–Crippen LogP) is 4.86. The number of thiophene rings is 1. The van der Waals surface area contributed by atoms with E-state index in [0.29, 0.717) is 6.04 Å². The van der Waals surface area contributed by atoms with Crippen LogP contribution in [0.1, 0.15) is 44.9 Å². The molecule has 17 heavy (non-hydrogen) atoms. The van der Waals surface area contributed by atoms with Crippen molar-refractivity contribution in [2.24, 2.45) is 5.92 Å². The van der Waals surface area contributed by atoms with Crippen molar-refractivity contribution in [2.45, 2.75) is 52.5 Å². The predicted molar refractivity (Wildman–Crippen MR) is 81.9 cm³/mol. The molecule has 1 atom stereocenters. The topological polar surface area (TPSA) is 12.0 Å². The SMILES string of the molecule is CCCNC(CCc1ccc(Br)s1)CC(C)C. The van der Waals surface area contributed by atoms with E-state index in [1.54, 1.807) is 0 Å². The lowest BCUT2D eigenvalue weighted by Gasteiger charge is -2.20. The number of hydrogen-bond acceptors (Lipinski definition) is 2. The molecule has 0 saturated carbocycles. The summed E-state index contributed by atoms with van der Waals surface area (Å²) >= 11 is 5.39. The van der Waals surface area contributed by atoms with Crippen molar-refractivity contribution in [3.8, 4) is 0 Å². The highest BCUT2D eigenvalue weighted by Gasteiger charge is 2.10. The van der Waals surface area contributed by atoms with Gasteiger partial charge in [0.2, 0.25) is 0 Å². The summed E-state index contributed by atoms with van der Waals surface area (Å²) in [5.74, 6) is 0.777. The molecule has 0 aliphatic heterocycles. The highest BCUT2D eigenvalue weighted by atomic mass is 79.9. The van der Waals surface area contributed by atoms with E-state index in [1.165, 1.54) is 34.3 Å². The minimum Gasteiger partial charge on any atom is -0.314 e. The van der Waals surface area contributed by atoms with Crippen LogP contribution in [0.3, 0.4) is 0 Å². The first-order chi connectivity index (χ1) is 8.11. The summed E-state index contributed by atoms with van der Waals surface area (Å²) in [6, 6.07) is 5.06. The summed E-state index contributed by atoms with van der Waals surface area (Å²) in [5, 5.41) is 3.67. The maximum absolute atomic E-state index is 3.67. The standard InChI is InChI=1S/C14H24BrNS/c1-4-9-16-12(10-11(2)3)5-6-13-7-8-14(15)17-13/h7-8,11-12,16H,4-6,9-10H2,1-3H3. The molecule has 1 nitrogen and oxygen atoms in total. The van der Waals surface area contributed by atoms with Crippen molar-refractivity contribution in [3.63, 3.8) is 0 Å². The molecule has 0 spiro atoms. The van der Waals surface area contributed by atoms with E-state index < -0.39 is 0 Å². The Labute approximate surface area is 118 Å². The summed E-state index contributed by atoms with van der Waals surface area (Å²) in [4.78, 5) is 1.49. The van der Waals surface area contributed by atoms with E-state index in [1.807, 2.05) is 11.3 Å². The number of nitrogens with one attached hydrogen (secondary N) is 1. The van der Waals surface area contributed by atoms with Crippen LogP contribution in [0.2, 0.25) is 0 Å². The molecule has 0 radical (unpaired) electrons. The summed E-state index contributed by atoms with van der Waals surface area (Å²) in [6.07, 6.45) is 4.96. The molecular weight excluding hydrogens is 294 g/mol. The Morgan fingerprint density at radius 1 is 1.35 bits per heavy atom. The van der Waals surface area contributed by atoms with Crippen LogP contribution in [0.15, 0.2) is 15.9 Å². The van der Waals surface area contributed by atoms with Gasteiger partial charge >= 0.3 is 0 Å². The van der Waals surface area contributed by atoms with Gasteiger partial charge in [0.15, 0.2) is 0 Å². The normalized spacial score (nSPS) is 13.2. The second kappa shape index (κ2) is 8.28. The molecule has 1 heterocycles. The molecule has 0 aliphatic rings. The second-order valence-electron chi connectivity index (χ2n) is 5.03. The van der Waals surface area contributed by atoms with Gasteiger partial charge in [0.25, 0.3) is 0 Å². The van der Waals surface area contributed by atoms with Crippen LogP contribution in [-0.2, 0) is 6.42 Å². The smallest absolute Gasteiger partial charge is 0.0701 e. The molecule has 0 aliphatic carbocycles. The Bertz CT molecular complexity index is 309. The first-order valence-electron chi connectivity index (χ1n) is 6.59. The maximum Gasteiger partial charge on any atom is 0.0701 e. The van der Waals surface area contributed by atoms with Crippen molar-refractivity contribution >= 4 is 27.3 Å². The lowest BCUT2D eigenvalue weighted by Crippen LogP contribution is -2.31. The third kappa shape index (κ3) is 6.58. The van der Waals surface area contributed by atoms with Crippen molar-refractivity contribution in [3.05, 3.63) is 20.8 Å². The van der Waals surface area contributed by atoms with Gasteiger partial charge in [-0.1, -0.05) is 20.8 Å². The molecule has 0 bridgehead atoms. The third-order valence-corrected chi connectivity index (χ3v) is 4.49. The molecule has 1 aromatic rings. The van der Waals surface area contributed by atoms with Crippen LogP contribution < -0.4 is 5.32 Å². The molecule has 1 aromatic heterocycles. The van der Waals surface area contributed by atoms with Gasteiger partial charge in [-0.05, 0) is 66.2 Å². The monoisotopic (exact) mass is 317 g/mol. The van der Waals surface area contributed by atoms with E-state index in [9.17, 15) is 0 Å². The fraction of sp³-hybridized carbons (Fsp3) is 0.714. The van der Waals surface area contributed by atoms with E-state index in [2.05, 4.69) is 54.2 Å². The molecule has 0 amide bonds. The largest absolute Gasteiger partial charge is 0.314 e. The molecule has 1 unspecified atom stereocenters. The van der Waals surface area contributed by atoms with Crippen LogP contribution in [0.25, 0.3) is 0 Å². The number of halogens is 1. The van der Waals surface area contributed by atoms with Gasteiger partial charge in [0, 0.05) is 10.9 Å². The van der Waals surface area contributed by atoms with E-state index >= 15 is 0 Å². The van der Waals surface area contributed by atoms with E-state index in [4.69, 9.17) is 0 Å². The fourth-order valence-corrected chi connectivity index (χ4v) is 3.52. The summed E-state index contributed by atoms with van der Waals surface area (Å²) in [6.45, 7) is 7.99. The fourth-order valence-electron chi connectivity index (χ4n) is 2.02. The average molecular weight is 318 g/mol. The Balaban J connectivity index is 2.36. The van der Waals surface area contributed by atoms with Crippen LogP contribution in [0.4, 0.5) is 0 Å². The second-order valence-corrected chi connectivity index (χ2v) is 7.57. The van der Waals surface area contributed by atoms with Crippen molar-refractivity contribution in [2.75, 3.05) is 6.54 Å². The van der Waals surface area contributed by atoms with Gasteiger partial charge in [0.1, 0.15) is 0 Å². The summed E-state index contributed by atoms with van der Waals surface area (Å²) < 4.78 is 1.24. The zero-order valence-electron chi connectivity index (χ0n) is 11.1. The first-order valence-corrected chi connectivity index (χ1v) is 8.20. The minimum absolute atomic E-state index is 0.677. The zero-order chi connectivity index (χ0) is 12.7. The molecule has 0 fully saturated rings. The van der Waals surface area contributed by atoms with Gasteiger partial charge in [-0.15, -0.1) is 11.3 Å². The van der Waals surface area contributed by atoms with Gasteiger partial charge in [-0.25, -0.2) is 0 Å². The van der Waals surface area contributed by atoms with E-state index in [0.717, 1.165) is 12.5 Å². The zero-order valence-corrected chi connectivity index (χ0v) is 13.5. The quantitative estimate of drug-likeness (QED) is 0.722. The highest BCUT2D eigenvalue weighted by molar-refractivity contribution is 9.11. The summed E-state index contributed by atoms with van der Waals surface area (Å²) in [7, 11) is 0. The number of hydrogen-bond donors (Lipinski definition) is 1. The lowest BCUT2D eigenvalue weighted by atomic mass is 9.99. The minimum atomic E-state index is 0.677. The Kier molecular flexibility index (Phi) is 7.40. The molecule has 0 aromatic carbocycles. The first kappa shape index (κ1) is 15.2. The molecule has 3 heteroatoms. The van der Waals surface area contributed by atoms with Gasteiger partial charge in [0.05, 0.1) is 3.79 Å². The van der Waals surface area contributed by atoms with Crippen molar-refractivity contribution in [1.29, 1.82) is 0 Å². The molecule has 1 N–H and O–H groups in total. The van der Waals surface area contributed by atoms with Crippen LogP contribution in [-0.4, -0.2) is 12.6 Å². The number of rotatable bonds is 8. The Morgan fingerprint density at radius 3 is 2.65 bits per heavy atom. The van der Waals surface area contributed by atoms with Gasteiger partial charge < -0.3 is 5.32 Å². The van der Waals surface area contributed by atoms with Gasteiger partial charge in [-0.2, -0.15) is 0 Å². The Morgan fingerprint density at radius 2 is 2.12 bits per heavy atom.